The lowest BCUT2D eigenvalue weighted by molar-refractivity contribution is -0.122. The molecule has 39 heavy (non-hydrogen) atoms. The predicted octanol–water partition coefficient (Wildman–Crippen LogP) is 4.45. The number of nitrogens with zero attached hydrogens (tertiary/aromatic N) is 3. The largest absolute Gasteiger partial charge is 0.446 e. The van der Waals surface area contributed by atoms with Crippen molar-refractivity contribution >= 4 is 12.0 Å². The van der Waals surface area contributed by atoms with Gasteiger partial charge in [-0.15, -0.1) is 0 Å². The third-order valence-corrected chi connectivity index (χ3v) is 8.11. The third-order valence-electron chi connectivity index (χ3n) is 8.11. The second-order valence-electron chi connectivity index (χ2n) is 10.3. The quantitative estimate of drug-likeness (QED) is 0.420. The average molecular weight is 523 g/mol. The zero-order valence-corrected chi connectivity index (χ0v) is 22.1. The van der Waals surface area contributed by atoms with E-state index in [-0.39, 0.29) is 19.1 Å². The average Bonchev–Trinajstić information content (AvgIpc) is 3.33. The number of benzene rings is 3. The number of ether oxygens (including phenoxy) is 1. The van der Waals surface area contributed by atoms with E-state index in [1.165, 1.54) is 0 Å². The molecular weight excluding hydrogens is 488 g/mol. The molecule has 0 spiro atoms. The van der Waals surface area contributed by atoms with Crippen molar-refractivity contribution in [2.75, 3.05) is 39.3 Å². The van der Waals surface area contributed by atoms with E-state index in [2.05, 4.69) is 28.4 Å². The van der Waals surface area contributed by atoms with Crippen molar-refractivity contribution < 1.29 is 14.3 Å². The molecule has 2 aliphatic heterocycles. The summed E-state index contributed by atoms with van der Waals surface area (Å²) in [6.45, 7) is 3.13. The van der Waals surface area contributed by atoms with E-state index in [1.54, 1.807) is 4.90 Å². The van der Waals surface area contributed by atoms with E-state index in [0.717, 1.165) is 55.6 Å². The van der Waals surface area contributed by atoms with Crippen molar-refractivity contribution in [2.45, 2.75) is 30.2 Å². The Balaban J connectivity index is 1.16. The summed E-state index contributed by atoms with van der Waals surface area (Å²) in [6, 6.07) is 32.1. The molecule has 2 fully saturated rings. The van der Waals surface area contributed by atoms with E-state index in [1.807, 2.05) is 78.9 Å². The fourth-order valence-corrected chi connectivity index (χ4v) is 5.86. The van der Waals surface area contributed by atoms with Crippen LogP contribution >= 0.6 is 0 Å². The first kappa shape index (κ1) is 26.5. The van der Waals surface area contributed by atoms with Gasteiger partial charge in [0.25, 0.3) is 0 Å². The summed E-state index contributed by atoms with van der Waals surface area (Å²) in [5.41, 5.74) is 1.63. The lowest BCUT2D eigenvalue weighted by Crippen LogP contribution is -2.50. The minimum atomic E-state index is -0.864. The Morgan fingerprint density at radius 1 is 0.872 bits per heavy atom. The molecule has 200 valence electrons. The van der Waals surface area contributed by atoms with Crippen molar-refractivity contribution in [1.29, 1.82) is 5.26 Å². The van der Waals surface area contributed by atoms with Gasteiger partial charge in [-0.05, 0) is 55.6 Å². The Morgan fingerprint density at radius 3 is 1.95 bits per heavy atom. The van der Waals surface area contributed by atoms with Gasteiger partial charge < -0.3 is 15.0 Å². The number of amides is 2. The molecule has 2 amide bonds. The lowest BCUT2D eigenvalue weighted by atomic mass is 9.74. The number of nitrogens with one attached hydrogen (secondary N) is 1. The van der Waals surface area contributed by atoms with Gasteiger partial charge in [0.05, 0.1) is 11.5 Å². The van der Waals surface area contributed by atoms with Crippen LogP contribution in [-0.2, 0) is 20.5 Å². The van der Waals surface area contributed by atoms with Crippen LogP contribution in [0.4, 0.5) is 4.79 Å². The molecule has 2 saturated heterocycles. The van der Waals surface area contributed by atoms with Gasteiger partial charge in [0, 0.05) is 6.54 Å². The molecule has 0 radical (unpaired) electrons. The lowest BCUT2D eigenvalue weighted by Gasteiger charge is -2.37. The van der Waals surface area contributed by atoms with Gasteiger partial charge in [-0.1, -0.05) is 91.0 Å². The van der Waals surface area contributed by atoms with Crippen molar-refractivity contribution in [1.82, 2.24) is 15.1 Å². The molecule has 3 aromatic rings. The fraction of sp³-hybridized carbons (Fsp3) is 0.344. The number of carbonyl (C=O) groups excluding carboxylic acids is 2. The summed E-state index contributed by atoms with van der Waals surface area (Å²) in [7, 11) is 0. The number of piperidine rings is 1. The van der Waals surface area contributed by atoms with Gasteiger partial charge in [0.15, 0.2) is 0 Å². The first-order valence-electron chi connectivity index (χ1n) is 13.6. The zero-order valence-electron chi connectivity index (χ0n) is 22.1. The molecule has 0 aliphatic carbocycles. The van der Waals surface area contributed by atoms with E-state index in [9.17, 15) is 14.9 Å². The van der Waals surface area contributed by atoms with E-state index < -0.39 is 17.0 Å². The van der Waals surface area contributed by atoms with Crippen LogP contribution in [0.2, 0.25) is 0 Å². The summed E-state index contributed by atoms with van der Waals surface area (Å²) in [5.74, 6) is -0.212. The van der Waals surface area contributed by atoms with E-state index >= 15 is 0 Å². The van der Waals surface area contributed by atoms with Gasteiger partial charge in [-0.25, -0.2) is 4.79 Å². The smallest absolute Gasteiger partial charge is 0.411 e. The Kier molecular flexibility index (Phi) is 7.94. The maximum absolute atomic E-state index is 13.0. The van der Waals surface area contributed by atoms with Gasteiger partial charge >= 0.3 is 6.09 Å². The van der Waals surface area contributed by atoms with Crippen molar-refractivity contribution in [3.63, 3.8) is 0 Å². The molecule has 2 heterocycles. The fourth-order valence-electron chi connectivity index (χ4n) is 5.86. The molecule has 2 aliphatic rings. The number of carbonyl (C=O) groups is 2. The standard InChI is InChI=1S/C32H34N4O3/c33-24-31(26-11-4-1-5-12-26)17-21-35(22-18-31)20-10-19-34-29(37)23-36-30(38)39-25-32(36,27-13-6-2-7-14-27)28-15-8-3-9-16-28/h1-9,11-16H,10,17-23,25H2,(H,34,37). The van der Waals surface area contributed by atoms with E-state index in [4.69, 9.17) is 4.74 Å². The normalized spacial score (nSPS) is 18.2. The third kappa shape index (κ3) is 5.39. The van der Waals surface area contributed by atoms with Crippen LogP contribution in [0, 0.1) is 11.3 Å². The van der Waals surface area contributed by atoms with Crippen LogP contribution in [0.5, 0.6) is 0 Å². The van der Waals surface area contributed by atoms with Crippen LogP contribution in [0.3, 0.4) is 0 Å². The summed E-state index contributed by atoms with van der Waals surface area (Å²) < 4.78 is 5.53. The van der Waals surface area contributed by atoms with Crippen LogP contribution < -0.4 is 5.32 Å². The van der Waals surface area contributed by atoms with Crippen LogP contribution in [0.1, 0.15) is 36.0 Å². The monoisotopic (exact) mass is 522 g/mol. The minimum absolute atomic E-state index is 0.0892. The molecule has 0 saturated carbocycles. The first-order valence-corrected chi connectivity index (χ1v) is 13.6. The highest BCUT2D eigenvalue weighted by molar-refractivity contribution is 5.84. The van der Waals surface area contributed by atoms with Crippen LogP contribution in [0.25, 0.3) is 0 Å². The summed E-state index contributed by atoms with van der Waals surface area (Å²) in [5, 5.41) is 12.9. The predicted molar refractivity (Wildman–Crippen MR) is 149 cm³/mol. The molecule has 3 aromatic carbocycles. The van der Waals surface area contributed by atoms with Gasteiger partial charge in [-0.3, -0.25) is 9.69 Å². The number of rotatable bonds is 9. The molecule has 0 atom stereocenters. The second-order valence-corrected chi connectivity index (χ2v) is 10.3. The topological polar surface area (TPSA) is 85.7 Å². The number of likely N-dealkylation sites (tertiary alicyclic amines) is 1. The number of hydrogen-bond donors (Lipinski definition) is 1. The van der Waals surface area contributed by atoms with Gasteiger partial charge in [-0.2, -0.15) is 5.26 Å². The van der Waals surface area contributed by atoms with Crippen LogP contribution in [0.15, 0.2) is 91.0 Å². The molecule has 7 nitrogen and oxygen atoms in total. The second kappa shape index (κ2) is 11.7. The molecular formula is C32H34N4O3. The molecule has 0 bridgehead atoms. The van der Waals surface area contributed by atoms with Gasteiger partial charge in [0.1, 0.15) is 18.7 Å². The number of nitriles is 1. The summed E-state index contributed by atoms with van der Waals surface area (Å²) in [6.07, 6.45) is 1.91. The molecule has 0 unspecified atom stereocenters. The SMILES string of the molecule is N#CC1(c2ccccc2)CCN(CCCNC(=O)CN2C(=O)OCC2(c2ccccc2)c2ccccc2)CC1. The van der Waals surface area contributed by atoms with E-state index in [0.29, 0.717) is 6.54 Å². The van der Waals surface area contributed by atoms with Crippen molar-refractivity contribution in [3.05, 3.63) is 108 Å². The number of hydrogen-bond acceptors (Lipinski definition) is 5. The minimum Gasteiger partial charge on any atom is -0.446 e. The molecule has 5 rings (SSSR count). The number of cyclic esters (lactones) is 1. The Labute approximate surface area is 230 Å². The summed E-state index contributed by atoms with van der Waals surface area (Å²) >= 11 is 0. The first-order chi connectivity index (χ1) is 19.1. The van der Waals surface area contributed by atoms with Crippen molar-refractivity contribution in [2.24, 2.45) is 0 Å². The Bertz CT molecular complexity index is 1260. The summed E-state index contributed by atoms with van der Waals surface area (Å²) in [4.78, 5) is 29.8. The maximum atomic E-state index is 13.0. The zero-order chi connectivity index (χ0) is 27.1. The highest BCUT2D eigenvalue weighted by Gasteiger charge is 2.50. The molecule has 7 heteroatoms. The highest BCUT2D eigenvalue weighted by Crippen LogP contribution is 2.40. The Morgan fingerprint density at radius 2 is 1.41 bits per heavy atom. The van der Waals surface area contributed by atoms with Gasteiger partial charge in [0.2, 0.25) is 5.91 Å². The molecule has 0 aromatic heterocycles. The highest BCUT2D eigenvalue weighted by atomic mass is 16.6. The maximum Gasteiger partial charge on any atom is 0.411 e. The Hall–Kier alpha value is -4.15. The molecule has 1 N–H and O–H groups in total. The van der Waals surface area contributed by atoms with Crippen LogP contribution in [-0.4, -0.2) is 61.1 Å². The van der Waals surface area contributed by atoms with Crippen molar-refractivity contribution in [3.8, 4) is 6.07 Å².